The summed E-state index contributed by atoms with van der Waals surface area (Å²) in [6.07, 6.45) is -3.15. The van der Waals surface area contributed by atoms with E-state index in [-0.39, 0.29) is 103 Å². The van der Waals surface area contributed by atoms with Gasteiger partial charge in [-0.15, -0.1) is 0 Å². The van der Waals surface area contributed by atoms with Crippen molar-refractivity contribution in [3.63, 3.8) is 0 Å². The quantitative estimate of drug-likeness (QED) is 0.388. The zero-order valence-electron chi connectivity index (χ0n) is 8.18. The van der Waals surface area contributed by atoms with E-state index in [0.717, 1.165) is 0 Å². The van der Waals surface area contributed by atoms with E-state index >= 15 is 0 Å². The molecule has 15 heavy (non-hydrogen) atoms. The van der Waals surface area contributed by atoms with E-state index in [4.69, 9.17) is 5.11 Å². The van der Waals surface area contributed by atoms with Crippen molar-refractivity contribution < 1.29 is 137 Å². The molecule has 0 aromatic heterocycles. The standard InChI is InChI=1S/C6H6O7.2K/c7-2-1-6(12,5(10)11)3(13-2)4(8)9;;/h3,12H,1H2,(H,8,9)(H,10,11);;/q;2*+1/p-2. The molecule has 9 heteroatoms. The van der Waals surface area contributed by atoms with Crippen LogP contribution in [0.5, 0.6) is 0 Å². The Morgan fingerprint density at radius 1 is 1.40 bits per heavy atom. The SMILES string of the molecule is O=C1CC(O)(C(=O)[O-])C(C(=O)[O-])O1.[K+].[K+]. The number of cyclic esters (lactones) is 1. The van der Waals surface area contributed by atoms with Gasteiger partial charge in [0.25, 0.3) is 0 Å². The van der Waals surface area contributed by atoms with Crippen LogP contribution < -0.4 is 113 Å². The number of carbonyl (C=O) groups excluding carboxylic acids is 3. The molecule has 1 saturated heterocycles. The number of carboxylic acids is 2. The maximum Gasteiger partial charge on any atom is 1.00 e. The Morgan fingerprint density at radius 2 is 1.87 bits per heavy atom. The minimum Gasteiger partial charge on any atom is -0.547 e. The van der Waals surface area contributed by atoms with Gasteiger partial charge in [0.05, 0.1) is 18.4 Å². The molecule has 1 N–H and O–H groups in total. The maximum absolute atomic E-state index is 10.5. The second-order valence-electron chi connectivity index (χ2n) is 2.58. The molecule has 2 unspecified atom stereocenters. The van der Waals surface area contributed by atoms with E-state index in [1.165, 1.54) is 0 Å². The molecule has 1 fully saturated rings. The molecule has 7 nitrogen and oxygen atoms in total. The fourth-order valence-electron chi connectivity index (χ4n) is 1.01. The first kappa shape index (κ1) is 19.0. The van der Waals surface area contributed by atoms with Gasteiger partial charge in [-0.05, 0) is 0 Å². The molecule has 1 heterocycles. The molecule has 1 aliphatic rings. The summed E-state index contributed by atoms with van der Waals surface area (Å²) in [6, 6.07) is 0. The Bertz CT molecular complexity index is 291. The molecular formula is C6H4K2O7. The molecule has 0 aliphatic carbocycles. The summed E-state index contributed by atoms with van der Waals surface area (Å²) in [6.45, 7) is 0. The second-order valence-corrected chi connectivity index (χ2v) is 2.58. The number of hydrogen-bond donors (Lipinski definition) is 1. The van der Waals surface area contributed by atoms with Crippen LogP contribution in [0.25, 0.3) is 0 Å². The van der Waals surface area contributed by atoms with Crippen molar-refractivity contribution in [1.29, 1.82) is 0 Å². The van der Waals surface area contributed by atoms with Crippen molar-refractivity contribution in [2.24, 2.45) is 0 Å². The number of rotatable bonds is 2. The first-order valence-electron chi connectivity index (χ1n) is 3.22. The molecule has 72 valence electrons. The van der Waals surface area contributed by atoms with Gasteiger partial charge >= 0.3 is 109 Å². The number of hydrogen-bond acceptors (Lipinski definition) is 7. The summed E-state index contributed by atoms with van der Waals surface area (Å²) in [5.41, 5.74) is -2.82. The second kappa shape index (κ2) is 7.16. The summed E-state index contributed by atoms with van der Waals surface area (Å²) in [4.78, 5) is 31.0. The van der Waals surface area contributed by atoms with Gasteiger partial charge in [0.15, 0.2) is 11.7 Å². The van der Waals surface area contributed by atoms with E-state index in [2.05, 4.69) is 4.74 Å². The van der Waals surface area contributed by atoms with E-state index < -0.39 is 36.0 Å². The number of aliphatic carboxylic acids is 2. The average molecular weight is 266 g/mol. The number of ether oxygens (including phenoxy) is 1. The van der Waals surface area contributed by atoms with E-state index in [1.54, 1.807) is 0 Å². The van der Waals surface area contributed by atoms with Crippen LogP contribution in [-0.2, 0) is 19.1 Å². The Balaban J connectivity index is 0. The van der Waals surface area contributed by atoms with E-state index in [0.29, 0.717) is 0 Å². The normalized spacial score (nSPS) is 28.3. The van der Waals surface area contributed by atoms with Crippen LogP contribution >= 0.6 is 0 Å². The zero-order chi connectivity index (χ0) is 10.2. The van der Waals surface area contributed by atoms with Crippen molar-refractivity contribution >= 4 is 17.9 Å². The van der Waals surface area contributed by atoms with Gasteiger partial charge in [0.1, 0.15) is 0 Å². The van der Waals surface area contributed by atoms with Crippen LogP contribution in [0.1, 0.15) is 6.42 Å². The van der Waals surface area contributed by atoms with Crippen molar-refractivity contribution in [1.82, 2.24) is 0 Å². The molecule has 0 bridgehead atoms. The summed E-state index contributed by atoms with van der Waals surface area (Å²) in [5, 5.41) is 29.7. The predicted molar refractivity (Wildman–Crippen MR) is 29.5 cm³/mol. The summed E-state index contributed by atoms with van der Waals surface area (Å²) < 4.78 is 4.03. The summed E-state index contributed by atoms with van der Waals surface area (Å²) in [5.74, 6) is -5.18. The average Bonchev–Trinajstić information content (AvgIpc) is 2.27. The minimum absolute atomic E-state index is 0. The Hall–Kier alpha value is 1.64. The molecule has 0 aromatic carbocycles. The molecule has 0 spiro atoms. The molecule has 1 aliphatic heterocycles. The van der Waals surface area contributed by atoms with E-state index in [1.807, 2.05) is 0 Å². The third kappa shape index (κ3) is 4.10. The largest absolute Gasteiger partial charge is 1.00 e. The molecule has 1 rings (SSSR count). The van der Waals surface area contributed by atoms with Gasteiger partial charge in [-0.3, -0.25) is 4.79 Å². The number of carbonyl (C=O) groups is 3. The summed E-state index contributed by atoms with van der Waals surface area (Å²) in [7, 11) is 0. The Kier molecular flexibility index (Phi) is 9.07. The zero-order valence-corrected chi connectivity index (χ0v) is 14.4. The molecule has 0 saturated carbocycles. The molecule has 0 aromatic rings. The third-order valence-corrected chi connectivity index (χ3v) is 1.66. The van der Waals surface area contributed by atoms with Crippen LogP contribution in [0.4, 0.5) is 0 Å². The molecule has 0 radical (unpaired) electrons. The number of esters is 1. The topological polar surface area (TPSA) is 127 Å². The number of carboxylic acid groups (broad SMARTS) is 2. The summed E-state index contributed by atoms with van der Waals surface area (Å²) >= 11 is 0. The molecular weight excluding hydrogens is 262 g/mol. The van der Waals surface area contributed by atoms with Gasteiger partial charge in [-0.25, -0.2) is 0 Å². The van der Waals surface area contributed by atoms with Crippen LogP contribution in [0.2, 0.25) is 0 Å². The first-order chi connectivity index (χ1) is 5.88. The maximum atomic E-state index is 10.5. The van der Waals surface area contributed by atoms with Crippen molar-refractivity contribution in [3.8, 4) is 0 Å². The van der Waals surface area contributed by atoms with Crippen molar-refractivity contribution in [2.75, 3.05) is 0 Å². The fraction of sp³-hybridized carbons (Fsp3) is 0.500. The van der Waals surface area contributed by atoms with E-state index in [9.17, 15) is 24.6 Å². The van der Waals surface area contributed by atoms with Gasteiger partial charge in [-0.2, -0.15) is 0 Å². The number of aliphatic hydroxyl groups is 1. The third-order valence-electron chi connectivity index (χ3n) is 1.66. The molecule has 0 amide bonds. The van der Waals surface area contributed by atoms with Crippen molar-refractivity contribution in [2.45, 2.75) is 18.1 Å². The van der Waals surface area contributed by atoms with Crippen LogP contribution in [0.3, 0.4) is 0 Å². The van der Waals surface area contributed by atoms with Gasteiger partial charge in [-0.1, -0.05) is 0 Å². The van der Waals surface area contributed by atoms with Gasteiger partial charge < -0.3 is 29.6 Å². The monoisotopic (exact) mass is 266 g/mol. The van der Waals surface area contributed by atoms with Gasteiger partial charge in [0.2, 0.25) is 0 Å². The Labute approximate surface area is 169 Å². The molecule has 2 atom stereocenters. The fourth-order valence-corrected chi connectivity index (χ4v) is 1.01. The van der Waals surface area contributed by atoms with Crippen molar-refractivity contribution in [3.05, 3.63) is 0 Å². The first-order valence-corrected chi connectivity index (χ1v) is 3.22. The van der Waals surface area contributed by atoms with Gasteiger partial charge in [0, 0.05) is 0 Å². The van der Waals surface area contributed by atoms with Crippen LogP contribution in [0, 0.1) is 0 Å². The Morgan fingerprint density at radius 3 is 2.13 bits per heavy atom. The predicted octanol–water partition coefficient (Wildman–Crippen LogP) is -10.5. The van der Waals surface area contributed by atoms with Crippen LogP contribution in [-0.4, -0.2) is 34.7 Å². The van der Waals surface area contributed by atoms with Crippen LogP contribution in [0.15, 0.2) is 0 Å². The minimum atomic E-state index is -2.82. The smallest absolute Gasteiger partial charge is 0.547 e.